The molecule has 2 heterocycles. The van der Waals surface area contributed by atoms with Gasteiger partial charge >= 0.3 is 6.09 Å². The maximum Gasteiger partial charge on any atom is 0.410 e. The summed E-state index contributed by atoms with van der Waals surface area (Å²) in [5, 5.41) is 0. The predicted molar refractivity (Wildman–Crippen MR) is 72.0 cm³/mol. The molecule has 19 heavy (non-hydrogen) atoms. The Bertz CT molecular complexity index is 324. The molecule has 0 radical (unpaired) electrons. The standard InChI is InChI=1S/C13H25N3O3/c1-13(2,3)19-12(17)16-8-10(14)11(9-16)15-4-6-18-7-5-15/h10-11H,4-9,14H2,1-3H3/t10-,11-/m1/s1. The minimum absolute atomic E-state index is 0.00869. The fourth-order valence-corrected chi connectivity index (χ4v) is 2.58. The number of hydrogen-bond acceptors (Lipinski definition) is 5. The van der Waals surface area contributed by atoms with Gasteiger partial charge in [-0.25, -0.2) is 4.79 Å². The fourth-order valence-electron chi connectivity index (χ4n) is 2.58. The highest BCUT2D eigenvalue weighted by Gasteiger charge is 2.38. The van der Waals surface area contributed by atoms with Crippen LogP contribution in [-0.4, -0.2) is 73.0 Å². The van der Waals surface area contributed by atoms with Crippen molar-refractivity contribution in [3.05, 3.63) is 0 Å². The number of nitrogens with two attached hydrogens (primary N) is 1. The monoisotopic (exact) mass is 271 g/mol. The normalized spacial score (nSPS) is 29.6. The lowest BCUT2D eigenvalue weighted by atomic mass is 10.1. The first-order chi connectivity index (χ1) is 8.87. The molecule has 6 nitrogen and oxygen atoms in total. The largest absolute Gasteiger partial charge is 0.444 e. The zero-order chi connectivity index (χ0) is 14.0. The molecule has 0 saturated carbocycles. The predicted octanol–water partition coefficient (Wildman–Crippen LogP) is 0.265. The molecule has 2 aliphatic rings. The van der Waals surface area contributed by atoms with Crippen molar-refractivity contribution in [1.82, 2.24) is 9.80 Å². The summed E-state index contributed by atoms with van der Waals surface area (Å²) in [7, 11) is 0. The molecule has 6 heteroatoms. The molecule has 2 saturated heterocycles. The highest BCUT2D eigenvalue weighted by molar-refractivity contribution is 5.68. The van der Waals surface area contributed by atoms with Crippen LogP contribution in [0.25, 0.3) is 0 Å². The van der Waals surface area contributed by atoms with Gasteiger partial charge in [0.2, 0.25) is 0 Å². The van der Waals surface area contributed by atoms with Crippen molar-refractivity contribution in [1.29, 1.82) is 0 Å². The number of likely N-dealkylation sites (tertiary alicyclic amines) is 1. The van der Waals surface area contributed by atoms with Crippen LogP contribution >= 0.6 is 0 Å². The van der Waals surface area contributed by atoms with Crippen molar-refractivity contribution in [2.75, 3.05) is 39.4 Å². The molecule has 0 aliphatic carbocycles. The Labute approximate surface area is 114 Å². The van der Waals surface area contributed by atoms with Crippen molar-refractivity contribution in [3.8, 4) is 0 Å². The molecule has 2 aliphatic heterocycles. The molecule has 110 valence electrons. The molecule has 0 aromatic carbocycles. The number of amides is 1. The first-order valence-corrected chi connectivity index (χ1v) is 6.92. The Morgan fingerprint density at radius 2 is 1.89 bits per heavy atom. The Balaban J connectivity index is 1.91. The Morgan fingerprint density at radius 1 is 1.26 bits per heavy atom. The lowest BCUT2D eigenvalue weighted by Gasteiger charge is -2.33. The Hall–Kier alpha value is -0.850. The quantitative estimate of drug-likeness (QED) is 0.741. The molecular weight excluding hydrogens is 246 g/mol. The summed E-state index contributed by atoms with van der Waals surface area (Å²) in [6.45, 7) is 10.1. The number of rotatable bonds is 1. The second-order valence-electron chi connectivity index (χ2n) is 6.26. The maximum absolute atomic E-state index is 12.0. The maximum atomic E-state index is 12.0. The van der Waals surface area contributed by atoms with Crippen LogP contribution in [0.15, 0.2) is 0 Å². The lowest BCUT2D eigenvalue weighted by molar-refractivity contribution is 0.0117. The Kier molecular flexibility index (Phi) is 4.32. The zero-order valence-corrected chi connectivity index (χ0v) is 12.1. The van der Waals surface area contributed by atoms with Gasteiger partial charge in [-0.3, -0.25) is 4.90 Å². The van der Waals surface area contributed by atoms with Gasteiger partial charge < -0.3 is 20.1 Å². The van der Waals surface area contributed by atoms with Gasteiger partial charge in [0.25, 0.3) is 0 Å². The lowest BCUT2D eigenvalue weighted by Crippen LogP contribution is -2.51. The van der Waals surface area contributed by atoms with Gasteiger partial charge in [0.05, 0.1) is 13.2 Å². The van der Waals surface area contributed by atoms with Crippen molar-refractivity contribution in [3.63, 3.8) is 0 Å². The van der Waals surface area contributed by atoms with Crippen LogP contribution in [0.4, 0.5) is 4.79 Å². The minimum Gasteiger partial charge on any atom is -0.444 e. The molecule has 2 fully saturated rings. The van der Waals surface area contributed by atoms with Crippen LogP contribution in [-0.2, 0) is 9.47 Å². The van der Waals surface area contributed by atoms with Gasteiger partial charge in [0.15, 0.2) is 0 Å². The SMILES string of the molecule is CC(C)(C)OC(=O)N1C[C@@H](N)[C@H](N2CCOCC2)C1. The van der Waals surface area contributed by atoms with Crippen LogP contribution in [0.2, 0.25) is 0 Å². The van der Waals surface area contributed by atoms with E-state index >= 15 is 0 Å². The molecular formula is C13H25N3O3. The van der Waals surface area contributed by atoms with Gasteiger partial charge in [0.1, 0.15) is 5.60 Å². The summed E-state index contributed by atoms with van der Waals surface area (Å²) in [5.74, 6) is 0. The van der Waals surface area contributed by atoms with Crippen LogP contribution in [0.5, 0.6) is 0 Å². The van der Waals surface area contributed by atoms with Gasteiger partial charge in [-0.05, 0) is 20.8 Å². The van der Waals surface area contributed by atoms with Crippen LogP contribution in [0.3, 0.4) is 0 Å². The number of carbonyl (C=O) groups is 1. The van der Waals surface area contributed by atoms with E-state index in [2.05, 4.69) is 4.90 Å². The molecule has 2 rings (SSSR count). The second-order valence-corrected chi connectivity index (χ2v) is 6.26. The number of hydrogen-bond donors (Lipinski definition) is 1. The van der Waals surface area contributed by atoms with E-state index in [1.54, 1.807) is 4.90 Å². The van der Waals surface area contributed by atoms with E-state index in [0.29, 0.717) is 13.1 Å². The smallest absolute Gasteiger partial charge is 0.410 e. The van der Waals surface area contributed by atoms with Crippen molar-refractivity contribution < 1.29 is 14.3 Å². The highest BCUT2D eigenvalue weighted by Crippen LogP contribution is 2.19. The Morgan fingerprint density at radius 3 is 2.47 bits per heavy atom. The van der Waals surface area contributed by atoms with E-state index in [1.807, 2.05) is 20.8 Å². The summed E-state index contributed by atoms with van der Waals surface area (Å²) in [6, 6.07) is 0.210. The summed E-state index contributed by atoms with van der Waals surface area (Å²) < 4.78 is 10.7. The van der Waals surface area contributed by atoms with Gasteiger partial charge in [0, 0.05) is 38.3 Å². The van der Waals surface area contributed by atoms with Crippen molar-refractivity contribution >= 4 is 6.09 Å². The van der Waals surface area contributed by atoms with E-state index in [0.717, 1.165) is 26.3 Å². The molecule has 2 atom stereocenters. The van der Waals surface area contributed by atoms with Crippen molar-refractivity contribution in [2.24, 2.45) is 5.73 Å². The summed E-state index contributed by atoms with van der Waals surface area (Å²) in [5.41, 5.74) is 5.71. The topological polar surface area (TPSA) is 68.0 Å². The van der Waals surface area contributed by atoms with Crippen LogP contribution < -0.4 is 5.73 Å². The first kappa shape index (κ1) is 14.6. The molecule has 0 spiro atoms. The van der Waals surface area contributed by atoms with Crippen LogP contribution in [0.1, 0.15) is 20.8 Å². The third kappa shape index (κ3) is 3.81. The van der Waals surface area contributed by atoms with Gasteiger partial charge in [-0.1, -0.05) is 0 Å². The van der Waals surface area contributed by atoms with Crippen molar-refractivity contribution in [2.45, 2.75) is 38.5 Å². The van der Waals surface area contributed by atoms with E-state index in [-0.39, 0.29) is 18.2 Å². The number of nitrogens with zero attached hydrogens (tertiary/aromatic N) is 2. The molecule has 0 aromatic heterocycles. The number of carbonyl (C=O) groups excluding carboxylic acids is 1. The number of ether oxygens (including phenoxy) is 2. The van der Waals surface area contributed by atoms with E-state index in [4.69, 9.17) is 15.2 Å². The average molecular weight is 271 g/mol. The molecule has 0 bridgehead atoms. The minimum atomic E-state index is -0.460. The molecule has 1 amide bonds. The van der Waals surface area contributed by atoms with Gasteiger partial charge in [-0.2, -0.15) is 0 Å². The van der Waals surface area contributed by atoms with Crippen LogP contribution in [0, 0.1) is 0 Å². The summed E-state index contributed by atoms with van der Waals surface area (Å²) >= 11 is 0. The number of morpholine rings is 1. The summed E-state index contributed by atoms with van der Waals surface area (Å²) in [4.78, 5) is 16.1. The molecule has 0 unspecified atom stereocenters. The van der Waals surface area contributed by atoms with E-state index in [9.17, 15) is 4.79 Å². The third-order valence-electron chi connectivity index (χ3n) is 3.50. The average Bonchev–Trinajstić information content (AvgIpc) is 2.70. The fraction of sp³-hybridized carbons (Fsp3) is 0.923. The van der Waals surface area contributed by atoms with E-state index in [1.165, 1.54) is 0 Å². The zero-order valence-electron chi connectivity index (χ0n) is 12.1. The molecule has 2 N–H and O–H groups in total. The first-order valence-electron chi connectivity index (χ1n) is 6.92. The summed E-state index contributed by atoms with van der Waals surface area (Å²) in [6.07, 6.45) is -0.265. The second kappa shape index (κ2) is 5.64. The molecule has 0 aromatic rings. The van der Waals surface area contributed by atoms with Gasteiger partial charge in [-0.15, -0.1) is 0 Å². The van der Waals surface area contributed by atoms with E-state index < -0.39 is 5.60 Å². The third-order valence-corrected chi connectivity index (χ3v) is 3.50. The highest BCUT2D eigenvalue weighted by atomic mass is 16.6.